The number of para-hydroxylation sites is 1. The standard InChI is InChI=1S/C28H38N2O5/c31-15-14-29-28(34)21-17-22(26(33)27-25(21)20-12-6-7-13-23(20)35-27)30(19-10-2-1-3-11-19)24(32)16-18-8-4-5-9-18/h6-7,12-13,17-19,22,25-27,31,33H,1-5,8-11,14-16H2,(H,29,34). The Kier molecular flexibility index (Phi) is 7.44. The van der Waals surface area contributed by atoms with Crippen molar-refractivity contribution in [2.24, 2.45) is 5.92 Å². The van der Waals surface area contributed by atoms with Gasteiger partial charge < -0.3 is 25.2 Å². The first-order valence-corrected chi connectivity index (χ1v) is 13.4. The van der Waals surface area contributed by atoms with Crippen LogP contribution in [0.15, 0.2) is 35.9 Å². The highest BCUT2D eigenvalue weighted by Gasteiger charge is 2.51. The van der Waals surface area contributed by atoms with Crippen LogP contribution in [0.25, 0.3) is 0 Å². The van der Waals surface area contributed by atoms with Crippen LogP contribution in [0.1, 0.15) is 75.7 Å². The first-order chi connectivity index (χ1) is 17.1. The largest absolute Gasteiger partial charge is 0.486 e. The van der Waals surface area contributed by atoms with E-state index in [1.165, 1.54) is 19.3 Å². The van der Waals surface area contributed by atoms with E-state index in [0.717, 1.165) is 44.1 Å². The Balaban J connectivity index is 1.51. The fourth-order valence-corrected chi connectivity index (χ4v) is 6.70. The van der Waals surface area contributed by atoms with Crippen molar-refractivity contribution >= 4 is 11.8 Å². The van der Waals surface area contributed by atoms with Gasteiger partial charge in [0.2, 0.25) is 11.8 Å². The van der Waals surface area contributed by atoms with Gasteiger partial charge in [0.25, 0.3) is 0 Å². The molecule has 2 saturated carbocycles. The molecule has 4 atom stereocenters. The molecule has 4 aliphatic rings. The summed E-state index contributed by atoms with van der Waals surface area (Å²) in [6.07, 6.45) is 10.5. The molecule has 4 unspecified atom stereocenters. The average molecular weight is 483 g/mol. The third-order valence-electron chi connectivity index (χ3n) is 8.39. The van der Waals surface area contributed by atoms with Crippen molar-refractivity contribution in [1.82, 2.24) is 10.2 Å². The van der Waals surface area contributed by atoms with Gasteiger partial charge in [0, 0.05) is 30.1 Å². The lowest BCUT2D eigenvalue weighted by Gasteiger charge is -2.45. The summed E-state index contributed by atoms with van der Waals surface area (Å²) in [5, 5.41) is 23.7. The number of aliphatic hydroxyl groups is 2. The van der Waals surface area contributed by atoms with Gasteiger partial charge in [-0.1, -0.05) is 50.3 Å². The second-order valence-electron chi connectivity index (χ2n) is 10.6. The number of fused-ring (bicyclic) bond motifs is 3. The molecular weight excluding hydrogens is 444 g/mol. The number of hydrogen-bond donors (Lipinski definition) is 3. The van der Waals surface area contributed by atoms with Crippen molar-refractivity contribution < 1.29 is 24.5 Å². The molecule has 7 heteroatoms. The molecule has 0 aromatic heterocycles. The molecule has 0 spiro atoms. The van der Waals surface area contributed by atoms with E-state index in [4.69, 9.17) is 4.74 Å². The van der Waals surface area contributed by atoms with Crippen molar-refractivity contribution in [3.63, 3.8) is 0 Å². The van der Waals surface area contributed by atoms with E-state index in [-0.39, 0.29) is 31.0 Å². The lowest BCUT2D eigenvalue weighted by molar-refractivity contribution is -0.142. The highest BCUT2D eigenvalue weighted by atomic mass is 16.5. The van der Waals surface area contributed by atoms with Gasteiger partial charge in [-0.3, -0.25) is 9.59 Å². The first kappa shape index (κ1) is 24.3. The summed E-state index contributed by atoms with van der Waals surface area (Å²) in [6.45, 7) is -0.00341. The maximum Gasteiger partial charge on any atom is 0.247 e. The molecule has 1 heterocycles. The number of amides is 2. The lowest BCUT2D eigenvalue weighted by atomic mass is 9.76. The Hall–Kier alpha value is -2.38. The minimum atomic E-state index is -0.934. The third kappa shape index (κ3) is 4.85. The Morgan fingerprint density at radius 1 is 1.03 bits per heavy atom. The normalized spacial score (nSPS) is 28.6. The monoisotopic (exact) mass is 482 g/mol. The number of nitrogens with zero attached hydrogens (tertiary/aromatic N) is 1. The number of benzene rings is 1. The highest BCUT2D eigenvalue weighted by molar-refractivity contribution is 5.96. The van der Waals surface area contributed by atoms with Crippen LogP contribution in [-0.2, 0) is 9.59 Å². The van der Waals surface area contributed by atoms with E-state index < -0.39 is 24.2 Å². The van der Waals surface area contributed by atoms with E-state index in [1.54, 1.807) is 0 Å². The van der Waals surface area contributed by atoms with Gasteiger partial charge in [-0.15, -0.1) is 0 Å². The predicted molar refractivity (Wildman–Crippen MR) is 132 cm³/mol. The van der Waals surface area contributed by atoms with E-state index in [9.17, 15) is 19.8 Å². The summed E-state index contributed by atoms with van der Waals surface area (Å²) in [7, 11) is 0. The minimum absolute atomic E-state index is 0.0654. The molecule has 0 bridgehead atoms. The predicted octanol–water partition coefficient (Wildman–Crippen LogP) is 3.05. The molecule has 0 radical (unpaired) electrons. The smallest absolute Gasteiger partial charge is 0.247 e. The molecule has 0 saturated heterocycles. The van der Waals surface area contributed by atoms with E-state index in [2.05, 4.69) is 5.32 Å². The van der Waals surface area contributed by atoms with E-state index >= 15 is 0 Å². The zero-order valence-electron chi connectivity index (χ0n) is 20.4. The second kappa shape index (κ2) is 10.7. The van der Waals surface area contributed by atoms with Gasteiger partial charge in [-0.2, -0.15) is 0 Å². The molecule has 1 aromatic rings. The molecule has 5 rings (SSSR count). The fraction of sp³-hybridized carbons (Fsp3) is 0.643. The number of carbonyl (C=O) groups excluding carboxylic acids is 2. The topological polar surface area (TPSA) is 99.1 Å². The Morgan fingerprint density at radius 2 is 1.74 bits per heavy atom. The zero-order valence-corrected chi connectivity index (χ0v) is 20.4. The molecule has 3 N–H and O–H groups in total. The fourth-order valence-electron chi connectivity index (χ4n) is 6.70. The summed E-state index contributed by atoms with van der Waals surface area (Å²) in [5.74, 6) is 0.482. The molecule has 190 valence electrons. The van der Waals surface area contributed by atoms with Gasteiger partial charge in [-0.25, -0.2) is 0 Å². The minimum Gasteiger partial charge on any atom is -0.486 e. The van der Waals surface area contributed by atoms with Crippen molar-refractivity contribution in [2.45, 2.75) is 94.4 Å². The number of nitrogens with one attached hydrogen (secondary N) is 1. The number of ether oxygens (including phenoxy) is 1. The van der Waals surface area contributed by atoms with Crippen LogP contribution in [0.3, 0.4) is 0 Å². The second-order valence-corrected chi connectivity index (χ2v) is 10.6. The number of carbonyl (C=O) groups is 2. The molecule has 7 nitrogen and oxygen atoms in total. The maximum atomic E-state index is 13.8. The van der Waals surface area contributed by atoms with Crippen molar-refractivity contribution in [2.75, 3.05) is 13.2 Å². The highest BCUT2D eigenvalue weighted by Crippen LogP contribution is 2.47. The molecule has 2 fully saturated rings. The van der Waals surface area contributed by atoms with Gasteiger partial charge in [-0.05, 0) is 43.7 Å². The molecule has 1 aliphatic heterocycles. The van der Waals surface area contributed by atoms with Gasteiger partial charge in [0.15, 0.2) is 0 Å². The SMILES string of the molecule is O=C(NCCO)C1=CC(N(C(=O)CC2CCCC2)C2CCCCC2)C(O)C2Oc3ccccc3C12. The Bertz CT molecular complexity index is 950. The number of aliphatic hydroxyl groups excluding tert-OH is 2. The van der Waals surface area contributed by atoms with Crippen LogP contribution in [-0.4, -0.2) is 64.4 Å². The maximum absolute atomic E-state index is 13.8. The quantitative estimate of drug-likeness (QED) is 0.555. The average Bonchev–Trinajstić information content (AvgIpc) is 3.53. The summed E-state index contributed by atoms with van der Waals surface area (Å²) < 4.78 is 6.23. The summed E-state index contributed by atoms with van der Waals surface area (Å²) >= 11 is 0. The Labute approximate surface area is 207 Å². The molecule has 35 heavy (non-hydrogen) atoms. The Morgan fingerprint density at radius 3 is 2.49 bits per heavy atom. The van der Waals surface area contributed by atoms with Gasteiger partial charge in [0.05, 0.1) is 18.6 Å². The first-order valence-electron chi connectivity index (χ1n) is 13.4. The number of rotatable bonds is 7. The molecule has 1 aromatic carbocycles. The molecular formula is C28H38N2O5. The van der Waals surface area contributed by atoms with E-state index in [1.807, 2.05) is 35.2 Å². The number of hydrogen-bond acceptors (Lipinski definition) is 5. The van der Waals surface area contributed by atoms with Crippen LogP contribution in [0.4, 0.5) is 0 Å². The van der Waals surface area contributed by atoms with Crippen LogP contribution >= 0.6 is 0 Å². The van der Waals surface area contributed by atoms with Crippen LogP contribution < -0.4 is 10.1 Å². The molecule has 3 aliphatic carbocycles. The van der Waals surface area contributed by atoms with Crippen LogP contribution in [0.5, 0.6) is 5.75 Å². The van der Waals surface area contributed by atoms with Crippen LogP contribution in [0.2, 0.25) is 0 Å². The summed E-state index contributed by atoms with van der Waals surface area (Å²) in [4.78, 5) is 29.0. The van der Waals surface area contributed by atoms with Crippen molar-refractivity contribution in [3.05, 3.63) is 41.5 Å². The third-order valence-corrected chi connectivity index (χ3v) is 8.39. The zero-order chi connectivity index (χ0) is 24.4. The van der Waals surface area contributed by atoms with E-state index in [0.29, 0.717) is 23.7 Å². The van der Waals surface area contributed by atoms with Crippen molar-refractivity contribution in [3.8, 4) is 5.75 Å². The van der Waals surface area contributed by atoms with Crippen molar-refractivity contribution in [1.29, 1.82) is 0 Å². The summed E-state index contributed by atoms with van der Waals surface area (Å²) in [6, 6.07) is 7.04. The van der Waals surface area contributed by atoms with Crippen LogP contribution in [0, 0.1) is 5.92 Å². The van der Waals surface area contributed by atoms with Gasteiger partial charge in [0.1, 0.15) is 18.0 Å². The van der Waals surface area contributed by atoms with Gasteiger partial charge >= 0.3 is 0 Å². The lowest BCUT2D eigenvalue weighted by Crippen LogP contribution is -2.58. The summed E-state index contributed by atoms with van der Waals surface area (Å²) in [5.41, 5.74) is 1.39. The molecule has 2 amide bonds.